The molecule has 1 aromatic heterocycles. The van der Waals surface area contributed by atoms with Gasteiger partial charge < -0.3 is 4.65 Å². The van der Waals surface area contributed by atoms with Crippen LogP contribution in [-0.2, 0) is 4.65 Å². The largest absolute Gasteiger partial charge is 0.433 e. The van der Waals surface area contributed by atoms with Crippen LogP contribution >= 0.6 is 11.3 Å². The molecule has 184 valence electrons. The number of fused-ring (bicyclic) bond motifs is 3. The summed E-state index contributed by atoms with van der Waals surface area (Å²) >= 11 is 1.79. The van der Waals surface area contributed by atoms with Crippen LogP contribution in [0.4, 0.5) is 0 Å². The normalized spacial score (nSPS) is 11.8. The van der Waals surface area contributed by atoms with Gasteiger partial charge in [0.2, 0.25) is 0 Å². The van der Waals surface area contributed by atoms with E-state index in [1.165, 1.54) is 42.5 Å². The maximum atomic E-state index is 9.37. The minimum absolute atomic E-state index is 0.0612. The molecule has 1 heterocycles. The minimum atomic E-state index is 0.0612. The molecule has 5 rings (SSSR count). The lowest BCUT2D eigenvalue weighted by Crippen LogP contribution is -2.38. The lowest BCUT2D eigenvalue weighted by atomic mass is 9.50. The first-order valence-corrected chi connectivity index (χ1v) is 13.7. The number of rotatable bonds is 7. The summed E-state index contributed by atoms with van der Waals surface area (Å²) in [7, 11) is 1.82. The maximum absolute atomic E-state index is 9.37. The smallest absolute Gasteiger partial charge is 0.326 e. The second-order valence-electron chi connectivity index (χ2n) is 10.9. The van der Waals surface area contributed by atoms with Gasteiger partial charge in [-0.15, -0.1) is 11.3 Å². The van der Waals surface area contributed by atoms with Crippen LogP contribution in [0, 0.1) is 22.7 Å². The number of thiophene rings is 1. The Hall–Kier alpha value is -3.39. The first-order valence-electron chi connectivity index (χ1n) is 12.9. The van der Waals surface area contributed by atoms with Crippen molar-refractivity contribution in [2.45, 2.75) is 34.0 Å². The molecule has 0 spiro atoms. The van der Waals surface area contributed by atoms with Gasteiger partial charge in [-0.05, 0) is 69.6 Å². The predicted molar refractivity (Wildman–Crippen MR) is 161 cm³/mol. The summed E-state index contributed by atoms with van der Waals surface area (Å²) in [6.45, 7) is 9.29. The third-order valence-electron chi connectivity index (χ3n) is 7.95. The Kier molecular flexibility index (Phi) is 6.95. The molecule has 0 aliphatic heterocycles. The summed E-state index contributed by atoms with van der Waals surface area (Å²) in [4.78, 5) is 0. The lowest BCUT2D eigenvalue weighted by molar-refractivity contribution is 0.269. The van der Waals surface area contributed by atoms with Crippen molar-refractivity contribution in [2.24, 2.45) is 11.3 Å². The quantitative estimate of drug-likeness (QED) is 0.209. The van der Waals surface area contributed by atoms with Crippen molar-refractivity contribution in [1.29, 1.82) is 5.26 Å². The number of hydrogen-bond acceptors (Lipinski definition) is 3. The van der Waals surface area contributed by atoms with E-state index in [0.717, 1.165) is 11.7 Å². The maximum Gasteiger partial charge on any atom is 0.326 e. The molecule has 0 N–H and O–H groups in total. The minimum Gasteiger partial charge on any atom is -0.433 e. The molecule has 0 aliphatic rings. The Balaban J connectivity index is 1.54. The van der Waals surface area contributed by atoms with E-state index in [4.69, 9.17) is 4.65 Å². The van der Waals surface area contributed by atoms with Gasteiger partial charge in [0.15, 0.2) is 0 Å². The van der Waals surface area contributed by atoms with E-state index < -0.39 is 0 Å². The van der Waals surface area contributed by atoms with Crippen molar-refractivity contribution in [2.75, 3.05) is 7.11 Å². The highest BCUT2D eigenvalue weighted by atomic mass is 32.1. The summed E-state index contributed by atoms with van der Waals surface area (Å²) in [6, 6.07) is 32.4. The molecule has 0 atom stereocenters. The Morgan fingerprint density at radius 1 is 0.865 bits per heavy atom. The van der Waals surface area contributed by atoms with Crippen molar-refractivity contribution in [3.05, 3.63) is 90.5 Å². The number of nitriles is 1. The summed E-state index contributed by atoms with van der Waals surface area (Å²) in [5.74, 6) is 0.577. The summed E-state index contributed by atoms with van der Waals surface area (Å²) in [5.41, 5.74) is 6.93. The van der Waals surface area contributed by atoms with Crippen molar-refractivity contribution < 1.29 is 4.65 Å². The zero-order chi connectivity index (χ0) is 26.2. The molecule has 4 heteroatoms. The van der Waals surface area contributed by atoms with Crippen LogP contribution in [0.5, 0.6) is 0 Å². The number of hydrogen-bond donors (Lipinski definition) is 0. The van der Waals surface area contributed by atoms with Gasteiger partial charge in [-0.3, -0.25) is 0 Å². The van der Waals surface area contributed by atoms with E-state index in [9.17, 15) is 5.26 Å². The lowest BCUT2D eigenvalue weighted by Gasteiger charge is -2.31. The fourth-order valence-electron chi connectivity index (χ4n) is 4.93. The van der Waals surface area contributed by atoms with E-state index in [1.807, 2.05) is 19.2 Å². The van der Waals surface area contributed by atoms with Gasteiger partial charge >= 0.3 is 6.92 Å². The van der Waals surface area contributed by atoms with E-state index in [1.54, 1.807) is 11.3 Å². The van der Waals surface area contributed by atoms with E-state index in [2.05, 4.69) is 107 Å². The molecule has 0 unspecified atom stereocenters. The fourth-order valence-corrected chi connectivity index (χ4v) is 6.15. The van der Waals surface area contributed by atoms with Gasteiger partial charge in [0.05, 0.1) is 11.6 Å². The Labute approximate surface area is 224 Å². The molecule has 0 radical (unpaired) electrons. The highest BCUT2D eigenvalue weighted by Crippen LogP contribution is 2.41. The summed E-state index contributed by atoms with van der Waals surface area (Å²) in [6.07, 6.45) is 0.978. The topological polar surface area (TPSA) is 33.0 Å². The summed E-state index contributed by atoms with van der Waals surface area (Å²) < 4.78 is 8.45. The van der Waals surface area contributed by atoms with Crippen LogP contribution in [0.3, 0.4) is 0 Å². The first kappa shape index (κ1) is 25.3. The molecule has 4 aromatic carbocycles. The Bertz CT molecular complexity index is 1630. The Morgan fingerprint density at radius 3 is 2.30 bits per heavy atom. The molecule has 0 saturated heterocycles. The standard InChI is InChI=1S/C33H32BNOS/c1-22(2)33(3,4)21-34(36-5)27-12-7-10-25(19-27)24-9-6-11-26(18-24)28-13-8-14-29-30-17-23(20-35)15-16-31(30)37-32(28)29/h6-19,22H,21H2,1-5H3. The van der Waals surface area contributed by atoms with Gasteiger partial charge in [-0.25, -0.2) is 0 Å². The molecular formula is C33H32BNOS. The van der Waals surface area contributed by atoms with Crippen LogP contribution in [0.1, 0.15) is 33.3 Å². The molecule has 2 nitrogen and oxygen atoms in total. The molecule has 5 aromatic rings. The van der Waals surface area contributed by atoms with Crippen molar-refractivity contribution >= 4 is 43.9 Å². The van der Waals surface area contributed by atoms with Crippen LogP contribution in [0.2, 0.25) is 6.32 Å². The number of benzene rings is 4. The van der Waals surface area contributed by atoms with Crippen LogP contribution in [0.25, 0.3) is 42.4 Å². The van der Waals surface area contributed by atoms with Crippen LogP contribution in [0.15, 0.2) is 84.9 Å². The summed E-state index contributed by atoms with van der Waals surface area (Å²) in [5, 5.41) is 11.7. The van der Waals surface area contributed by atoms with Crippen molar-refractivity contribution in [3.8, 4) is 28.3 Å². The van der Waals surface area contributed by atoms with E-state index in [-0.39, 0.29) is 12.3 Å². The molecule has 0 bridgehead atoms. The van der Waals surface area contributed by atoms with Gasteiger partial charge in [-0.2, -0.15) is 5.26 Å². The molecule has 37 heavy (non-hydrogen) atoms. The third kappa shape index (κ3) is 4.95. The zero-order valence-electron chi connectivity index (χ0n) is 22.2. The monoisotopic (exact) mass is 501 g/mol. The van der Waals surface area contributed by atoms with E-state index in [0.29, 0.717) is 11.5 Å². The average Bonchev–Trinajstić information content (AvgIpc) is 3.29. The highest BCUT2D eigenvalue weighted by molar-refractivity contribution is 7.26. The fraction of sp³-hybridized carbons (Fsp3) is 0.242. The van der Waals surface area contributed by atoms with Crippen molar-refractivity contribution in [3.63, 3.8) is 0 Å². The second kappa shape index (κ2) is 10.2. The molecule has 0 aliphatic carbocycles. The third-order valence-corrected chi connectivity index (χ3v) is 9.17. The highest BCUT2D eigenvalue weighted by Gasteiger charge is 2.30. The molecule has 0 fully saturated rings. The first-order chi connectivity index (χ1) is 17.8. The molecule has 0 amide bonds. The van der Waals surface area contributed by atoms with Gasteiger partial charge in [0, 0.05) is 27.3 Å². The molecular weight excluding hydrogens is 469 g/mol. The second-order valence-corrected chi connectivity index (χ2v) is 11.9. The average molecular weight is 502 g/mol. The van der Waals surface area contributed by atoms with Gasteiger partial charge in [-0.1, -0.05) is 88.4 Å². The predicted octanol–water partition coefficient (Wildman–Crippen LogP) is 8.79. The SMILES string of the molecule is COB(CC(C)(C)C(C)C)c1cccc(-c2cccc(-c3cccc4c3sc3ccc(C#N)cc34)c2)c1. The van der Waals surface area contributed by atoms with Crippen molar-refractivity contribution in [1.82, 2.24) is 0 Å². The van der Waals surface area contributed by atoms with Gasteiger partial charge in [0.25, 0.3) is 0 Å². The molecule has 0 saturated carbocycles. The van der Waals surface area contributed by atoms with E-state index >= 15 is 0 Å². The van der Waals surface area contributed by atoms with Crippen LogP contribution < -0.4 is 5.46 Å². The van der Waals surface area contributed by atoms with Crippen LogP contribution in [-0.4, -0.2) is 14.0 Å². The number of nitrogens with zero attached hydrogens (tertiary/aromatic N) is 1. The zero-order valence-corrected chi connectivity index (χ0v) is 23.0. The van der Waals surface area contributed by atoms with Gasteiger partial charge in [0.1, 0.15) is 0 Å². The Morgan fingerprint density at radius 2 is 1.57 bits per heavy atom.